The van der Waals surface area contributed by atoms with Gasteiger partial charge < -0.3 is 25.8 Å². The molecule has 0 aliphatic rings. The maximum atomic E-state index is 13.4. The summed E-state index contributed by atoms with van der Waals surface area (Å²) in [7, 11) is 0. The molecule has 39 heavy (non-hydrogen) atoms. The van der Waals surface area contributed by atoms with Crippen molar-refractivity contribution < 1.29 is 33.4 Å². The van der Waals surface area contributed by atoms with Crippen LogP contribution in [0.5, 0.6) is 0 Å². The molecule has 0 saturated heterocycles. The Bertz CT molecular complexity index is 1330. The van der Waals surface area contributed by atoms with Gasteiger partial charge in [-0.1, -0.05) is 54.6 Å². The zero-order chi connectivity index (χ0) is 28.6. The van der Waals surface area contributed by atoms with E-state index in [0.717, 1.165) is 16.3 Å². The second-order valence-corrected chi connectivity index (χ2v) is 10.0. The molecule has 0 bridgehead atoms. The van der Waals surface area contributed by atoms with Gasteiger partial charge in [-0.2, -0.15) is 0 Å². The lowest BCUT2D eigenvalue weighted by atomic mass is 10.0. The molecule has 0 spiro atoms. The van der Waals surface area contributed by atoms with Crippen LogP contribution >= 0.6 is 0 Å². The molecule has 3 rings (SSSR count). The Morgan fingerprint density at radius 1 is 0.872 bits per heavy atom. The fourth-order valence-corrected chi connectivity index (χ4v) is 3.92. The first-order valence-corrected chi connectivity index (χ1v) is 12.4. The zero-order valence-electron chi connectivity index (χ0n) is 22.0. The zero-order valence-corrected chi connectivity index (χ0v) is 22.0. The second kappa shape index (κ2) is 12.9. The van der Waals surface area contributed by atoms with Crippen molar-refractivity contribution in [1.82, 2.24) is 16.0 Å². The maximum Gasteiger partial charge on any atom is 0.408 e. The summed E-state index contributed by atoms with van der Waals surface area (Å²) >= 11 is 0. The number of carboxylic acid groups (broad SMARTS) is 1. The first-order chi connectivity index (χ1) is 18.4. The number of hydrogen-bond donors (Lipinski definition) is 4. The van der Waals surface area contributed by atoms with Gasteiger partial charge in [0.15, 0.2) is 0 Å². The summed E-state index contributed by atoms with van der Waals surface area (Å²) in [5.41, 5.74) is 0.557. The number of halogens is 1. The molecule has 0 aliphatic carbocycles. The summed E-state index contributed by atoms with van der Waals surface area (Å²) in [5, 5.41) is 18.9. The van der Waals surface area contributed by atoms with Gasteiger partial charge in [0.05, 0.1) is 6.42 Å². The SMILES string of the molecule is CC(C)(C)OC(=O)NC(CC(=O)O)C(=O)NC(Cc1ccc(F)cc1)C(=O)NCc1cccc2ccccc12. The summed E-state index contributed by atoms with van der Waals surface area (Å²) in [6.07, 6.45) is -1.70. The standard InChI is InChI=1S/C29H32FN3O6/c1-29(2,3)39-28(38)33-24(16-25(34)35)27(37)32-23(15-18-11-13-21(30)14-12-18)26(36)31-17-20-9-6-8-19-7-4-5-10-22(19)20/h4-14,23-24H,15-17H2,1-3H3,(H,31,36)(H,32,37)(H,33,38)(H,34,35). The third kappa shape index (κ3) is 9.10. The molecule has 10 heteroatoms. The lowest BCUT2D eigenvalue weighted by Crippen LogP contribution is -2.55. The Balaban J connectivity index is 1.79. The second-order valence-electron chi connectivity index (χ2n) is 10.0. The van der Waals surface area contributed by atoms with Gasteiger partial charge in [0, 0.05) is 13.0 Å². The van der Waals surface area contributed by atoms with Crippen molar-refractivity contribution in [3.8, 4) is 0 Å². The minimum atomic E-state index is -1.50. The molecule has 0 radical (unpaired) electrons. The van der Waals surface area contributed by atoms with E-state index < -0.39 is 53.8 Å². The molecule has 0 aromatic heterocycles. The summed E-state index contributed by atoms with van der Waals surface area (Å²) < 4.78 is 18.6. The highest BCUT2D eigenvalue weighted by atomic mass is 19.1. The predicted octanol–water partition coefficient (Wildman–Crippen LogP) is 3.69. The third-order valence-electron chi connectivity index (χ3n) is 5.71. The molecule has 0 heterocycles. The van der Waals surface area contributed by atoms with Gasteiger partial charge >= 0.3 is 12.1 Å². The van der Waals surface area contributed by atoms with E-state index >= 15 is 0 Å². The summed E-state index contributed by atoms with van der Waals surface area (Å²) in [6.45, 7) is 5.04. The topological polar surface area (TPSA) is 134 Å². The van der Waals surface area contributed by atoms with Gasteiger partial charge in [0.2, 0.25) is 11.8 Å². The number of alkyl carbamates (subject to hydrolysis) is 1. The van der Waals surface area contributed by atoms with Crippen molar-refractivity contribution in [1.29, 1.82) is 0 Å². The van der Waals surface area contributed by atoms with E-state index in [4.69, 9.17) is 4.74 Å². The largest absolute Gasteiger partial charge is 0.481 e. The monoisotopic (exact) mass is 537 g/mol. The average molecular weight is 538 g/mol. The molecule has 4 N–H and O–H groups in total. The molecule has 3 amide bonds. The fourth-order valence-electron chi connectivity index (χ4n) is 3.92. The van der Waals surface area contributed by atoms with Crippen LogP contribution in [0.1, 0.15) is 38.3 Å². The summed E-state index contributed by atoms with van der Waals surface area (Å²) in [5.74, 6) is -3.20. The average Bonchev–Trinajstić information content (AvgIpc) is 2.86. The van der Waals surface area contributed by atoms with E-state index in [9.17, 15) is 28.7 Å². The van der Waals surface area contributed by atoms with Gasteiger partial charge in [-0.3, -0.25) is 14.4 Å². The molecular formula is C29H32FN3O6. The molecule has 9 nitrogen and oxygen atoms in total. The summed E-state index contributed by atoms with van der Waals surface area (Å²) in [6, 6.07) is 16.2. The Hall–Kier alpha value is -4.47. The molecule has 0 saturated carbocycles. The van der Waals surface area contributed by atoms with E-state index in [2.05, 4.69) is 16.0 Å². The molecule has 2 unspecified atom stereocenters. The third-order valence-corrected chi connectivity index (χ3v) is 5.71. The Labute approximate surface area is 225 Å². The predicted molar refractivity (Wildman–Crippen MR) is 143 cm³/mol. The van der Waals surface area contributed by atoms with Crippen molar-refractivity contribution in [2.24, 2.45) is 0 Å². The Morgan fingerprint density at radius 3 is 2.21 bits per heavy atom. The van der Waals surface area contributed by atoms with Crippen molar-refractivity contribution >= 4 is 34.6 Å². The molecule has 3 aromatic carbocycles. The maximum absolute atomic E-state index is 13.4. The first kappa shape index (κ1) is 29.1. The van der Waals surface area contributed by atoms with Gasteiger partial charge in [0.25, 0.3) is 0 Å². The van der Waals surface area contributed by atoms with E-state index in [1.165, 1.54) is 24.3 Å². The smallest absolute Gasteiger partial charge is 0.408 e. The van der Waals surface area contributed by atoms with E-state index in [0.29, 0.717) is 5.56 Å². The van der Waals surface area contributed by atoms with E-state index in [1.807, 2.05) is 42.5 Å². The van der Waals surface area contributed by atoms with Crippen LogP contribution in [0.15, 0.2) is 66.7 Å². The van der Waals surface area contributed by atoms with Crippen LogP contribution in [0, 0.1) is 5.82 Å². The normalized spacial score (nSPS) is 12.7. The number of carbonyl (C=O) groups excluding carboxylic acids is 3. The number of fused-ring (bicyclic) bond motifs is 1. The number of amides is 3. The lowest BCUT2D eigenvalue weighted by molar-refractivity contribution is -0.140. The number of carbonyl (C=O) groups is 4. The highest BCUT2D eigenvalue weighted by molar-refractivity contribution is 5.93. The van der Waals surface area contributed by atoms with Crippen LogP contribution < -0.4 is 16.0 Å². The van der Waals surface area contributed by atoms with Crippen molar-refractivity contribution in [2.45, 2.75) is 57.8 Å². The molecule has 3 aromatic rings. The number of benzene rings is 3. The van der Waals surface area contributed by atoms with Crippen LogP contribution in [0.4, 0.5) is 9.18 Å². The number of rotatable bonds is 10. The van der Waals surface area contributed by atoms with Gasteiger partial charge in [-0.05, 0) is 54.8 Å². The molecule has 206 valence electrons. The number of hydrogen-bond acceptors (Lipinski definition) is 5. The fraction of sp³-hybridized carbons (Fsp3) is 0.310. The number of nitrogens with one attached hydrogen (secondary N) is 3. The Kier molecular flexibility index (Phi) is 9.59. The summed E-state index contributed by atoms with van der Waals surface area (Å²) in [4.78, 5) is 50.0. The molecular weight excluding hydrogens is 505 g/mol. The van der Waals surface area contributed by atoms with E-state index in [-0.39, 0.29) is 13.0 Å². The minimum absolute atomic E-state index is 0.000377. The number of aliphatic carboxylic acids is 1. The highest BCUT2D eigenvalue weighted by Gasteiger charge is 2.30. The van der Waals surface area contributed by atoms with Gasteiger partial charge in [-0.15, -0.1) is 0 Å². The lowest BCUT2D eigenvalue weighted by Gasteiger charge is -2.25. The van der Waals surface area contributed by atoms with Crippen LogP contribution in [-0.2, 0) is 32.1 Å². The minimum Gasteiger partial charge on any atom is -0.481 e. The van der Waals surface area contributed by atoms with E-state index in [1.54, 1.807) is 20.8 Å². The highest BCUT2D eigenvalue weighted by Crippen LogP contribution is 2.18. The Morgan fingerprint density at radius 2 is 1.54 bits per heavy atom. The quantitative estimate of drug-likeness (QED) is 0.312. The molecule has 2 atom stereocenters. The molecule has 0 fully saturated rings. The number of ether oxygens (including phenoxy) is 1. The van der Waals surface area contributed by atoms with Crippen LogP contribution in [0.25, 0.3) is 10.8 Å². The van der Waals surface area contributed by atoms with Crippen molar-refractivity contribution in [2.75, 3.05) is 0 Å². The van der Waals surface area contributed by atoms with Crippen molar-refractivity contribution in [3.05, 3.63) is 83.7 Å². The van der Waals surface area contributed by atoms with Crippen LogP contribution in [0.2, 0.25) is 0 Å². The van der Waals surface area contributed by atoms with Crippen LogP contribution in [0.3, 0.4) is 0 Å². The molecule has 0 aliphatic heterocycles. The number of carboxylic acids is 1. The van der Waals surface area contributed by atoms with Crippen LogP contribution in [-0.4, -0.2) is 46.7 Å². The first-order valence-electron chi connectivity index (χ1n) is 12.4. The van der Waals surface area contributed by atoms with Gasteiger partial charge in [0.1, 0.15) is 23.5 Å². The van der Waals surface area contributed by atoms with Gasteiger partial charge in [-0.25, -0.2) is 9.18 Å². The van der Waals surface area contributed by atoms with Crippen molar-refractivity contribution in [3.63, 3.8) is 0 Å².